The number of halogens is 1. The van der Waals surface area contributed by atoms with Crippen molar-refractivity contribution in [2.45, 2.75) is 13.8 Å². The number of nitrogens with zero attached hydrogens (tertiary/aromatic N) is 4. The lowest BCUT2D eigenvalue weighted by atomic mass is 10.1. The van der Waals surface area contributed by atoms with Crippen LogP contribution in [0.5, 0.6) is 0 Å². The molecule has 0 atom stereocenters. The molecule has 2 aromatic heterocycles. The summed E-state index contributed by atoms with van der Waals surface area (Å²) in [6, 6.07) is 18.0. The van der Waals surface area contributed by atoms with Crippen molar-refractivity contribution in [3.8, 4) is 11.3 Å². The van der Waals surface area contributed by atoms with E-state index < -0.39 is 0 Å². The Labute approximate surface area is 150 Å². The highest BCUT2D eigenvalue weighted by molar-refractivity contribution is 5.74. The maximum absolute atomic E-state index is 13.3. The predicted molar refractivity (Wildman–Crippen MR) is 101 cm³/mol. The normalized spacial score (nSPS) is 11.5. The van der Waals surface area contributed by atoms with Crippen molar-refractivity contribution in [2.75, 3.05) is 0 Å². The predicted octanol–water partition coefficient (Wildman–Crippen LogP) is 6.17. The molecule has 0 aliphatic carbocycles. The van der Waals surface area contributed by atoms with Gasteiger partial charge in [0.2, 0.25) is 0 Å². The minimum Gasteiger partial charge on any atom is -0.282 e. The molecule has 0 fully saturated rings. The number of benzene rings is 2. The summed E-state index contributed by atoms with van der Waals surface area (Å²) in [5, 5.41) is 8.83. The second-order valence-corrected chi connectivity index (χ2v) is 6.26. The third kappa shape index (κ3) is 3.11. The van der Waals surface area contributed by atoms with Crippen LogP contribution >= 0.6 is 0 Å². The van der Waals surface area contributed by atoms with Crippen LogP contribution in [-0.4, -0.2) is 9.38 Å². The number of pyridine rings is 1. The van der Waals surface area contributed by atoms with Gasteiger partial charge in [0.25, 0.3) is 0 Å². The Morgan fingerprint density at radius 1 is 0.808 bits per heavy atom. The summed E-state index contributed by atoms with van der Waals surface area (Å²) in [5.74, 6) is 0.340. The van der Waals surface area contributed by atoms with Crippen molar-refractivity contribution in [2.24, 2.45) is 10.2 Å². The fraction of sp³-hybridized carbons (Fsp3) is 0.0952. The van der Waals surface area contributed by atoms with Gasteiger partial charge in [-0.05, 0) is 61.9 Å². The van der Waals surface area contributed by atoms with Crippen LogP contribution in [0.4, 0.5) is 15.9 Å². The Kier molecular flexibility index (Phi) is 4.05. The summed E-state index contributed by atoms with van der Waals surface area (Å²) in [5.41, 5.74) is 5.27. The lowest BCUT2D eigenvalue weighted by Crippen LogP contribution is -1.85. The van der Waals surface area contributed by atoms with E-state index in [1.807, 2.05) is 60.8 Å². The third-order valence-corrected chi connectivity index (χ3v) is 4.15. The number of rotatable bonds is 3. The number of hydrogen-bond acceptors (Lipinski definition) is 3. The first kappa shape index (κ1) is 16.1. The number of imidazole rings is 1. The van der Waals surface area contributed by atoms with Crippen molar-refractivity contribution in [3.05, 3.63) is 83.8 Å². The molecule has 0 bridgehead atoms. The van der Waals surface area contributed by atoms with Gasteiger partial charge in [0.15, 0.2) is 5.82 Å². The number of hydrogen-bond donors (Lipinski definition) is 0. The van der Waals surface area contributed by atoms with E-state index in [4.69, 9.17) is 0 Å². The first-order chi connectivity index (χ1) is 12.6. The molecule has 2 heterocycles. The Bertz CT molecular complexity index is 1090. The number of aromatic nitrogens is 2. The molecule has 4 aromatic rings. The quantitative estimate of drug-likeness (QED) is 0.410. The molecule has 2 aromatic carbocycles. The molecule has 128 valence electrons. The molecule has 0 aliphatic rings. The second-order valence-electron chi connectivity index (χ2n) is 6.26. The average molecular weight is 344 g/mol. The van der Waals surface area contributed by atoms with Gasteiger partial charge >= 0.3 is 0 Å². The fourth-order valence-electron chi connectivity index (χ4n) is 2.75. The standard InChI is InChI=1S/C21H17FN4/c1-14-3-10-18(11-4-14)24-25-21-20(16-6-8-17(22)9-7-16)23-19-12-5-15(2)13-26(19)21/h3-13H,1-2H3. The van der Waals surface area contributed by atoms with Gasteiger partial charge in [0.05, 0.1) is 5.69 Å². The first-order valence-corrected chi connectivity index (χ1v) is 8.33. The molecular formula is C21H17FN4. The van der Waals surface area contributed by atoms with Gasteiger partial charge in [-0.3, -0.25) is 4.40 Å². The van der Waals surface area contributed by atoms with Gasteiger partial charge in [-0.2, -0.15) is 0 Å². The van der Waals surface area contributed by atoms with Crippen LogP contribution in [0.15, 0.2) is 77.1 Å². The minimum absolute atomic E-state index is 0.281. The summed E-state index contributed by atoms with van der Waals surface area (Å²) >= 11 is 0. The zero-order chi connectivity index (χ0) is 18.1. The van der Waals surface area contributed by atoms with Crippen molar-refractivity contribution < 1.29 is 4.39 Å². The van der Waals surface area contributed by atoms with Gasteiger partial charge in [-0.15, -0.1) is 10.2 Å². The van der Waals surface area contributed by atoms with Crippen LogP contribution in [0.2, 0.25) is 0 Å². The van der Waals surface area contributed by atoms with Crippen molar-refractivity contribution in [1.82, 2.24) is 9.38 Å². The van der Waals surface area contributed by atoms with Crippen molar-refractivity contribution >= 4 is 17.2 Å². The molecule has 0 aliphatic heterocycles. The zero-order valence-electron chi connectivity index (χ0n) is 14.5. The maximum atomic E-state index is 13.3. The second kappa shape index (κ2) is 6.52. The number of azo groups is 1. The van der Waals surface area contributed by atoms with E-state index >= 15 is 0 Å². The van der Waals surface area contributed by atoms with Crippen molar-refractivity contribution in [1.29, 1.82) is 0 Å². The van der Waals surface area contributed by atoms with Crippen LogP contribution in [0.3, 0.4) is 0 Å². The zero-order valence-corrected chi connectivity index (χ0v) is 14.5. The highest BCUT2D eigenvalue weighted by atomic mass is 19.1. The van der Waals surface area contributed by atoms with Gasteiger partial charge in [0, 0.05) is 11.8 Å². The fourth-order valence-corrected chi connectivity index (χ4v) is 2.75. The number of aryl methyl sites for hydroxylation is 2. The van der Waals surface area contributed by atoms with Gasteiger partial charge in [-0.1, -0.05) is 23.8 Å². The molecule has 0 N–H and O–H groups in total. The Balaban J connectivity index is 1.87. The molecule has 4 rings (SSSR count). The molecule has 0 amide bonds. The molecule has 4 nitrogen and oxygen atoms in total. The van der Waals surface area contributed by atoms with E-state index in [0.717, 1.165) is 22.5 Å². The highest BCUT2D eigenvalue weighted by Crippen LogP contribution is 2.32. The van der Waals surface area contributed by atoms with Gasteiger partial charge < -0.3 is 0 Å². The van der Waals surface area contributed by atoms with Crippen LogP contribution < -0.4 is 0 Å². The first-order valence-electron chi connectivity index (χ1n) is 8.33. The molecule has 0 saturated carbocycles. The van der Waals surface area contributed by atoms with E-state index in [1.165, 1.54) is 17.7 Å². The van der Waals surface area contributed by atoms with Gasteiger partial charge in [0.1, 0.15) is 17.2 Å². The SMILES string of the molecule is Cc1ccc(N=Nc2c(-c3ccc(F)cc3)nc3ccc(C)cn23)cc1. The molecular weight excluding hydrogens is 327 g/mol. The van der Waals surface area contributed by atoms with E-state index in [2.05, 4.69) is 15.2 Å². The van der Waals surface area contributed by atoms with Crippen LogP contribution in [0.25, 0.3) is 16.9 Å². The molecule has 0 saturated heterocycles. The Morgan fingerprint density at radius 2 is 1.50 bits per heavy atom. The summed E-state index contributed by atoms with van der Waals surface area (Å²) in [6.45, 7) is 4.04. The summed E-state index contributed by atoms with van der Waals surface area (Å²) in [4.78, 5) is 4.67. The minimum atomic E-state index is -0.281. The molecule has 5 heteroatoms. The summed E-state index contributed by atoms with van der Waals surface area (Å²) < 4.78 is 15.2. The third-order valence-electron chi connectivity index (χ3n) is 4.15. The van der Waals surface area contributed by atoms with E-state index in [-0.39, 0.29) is 5.82 Å². The average Bonchev–Trinajstić information content (AvgIpc) is 2.99. The smallest absolute Gasteiger partial charge is 0.187 e. The monoisotopic (exact) mass is 344 g/mol. The molecule has 26 heavy (non-hydrogen) atoms. The largest absolute Gasteiger partial charge is 0.282 e. The lowest BCUT2D eigenvalue weighted by Gasteiger charge is -2.01. The van der Waals surface area contributed by atoms with Crippen LogP contribution in [0, 0.1) is 19.7 Å². The van der Waals surface area contributed by atoms with E-state index in [9.17, 15) is 4.39 Å². The van der Waals surface area contributed by atoms with Gasteiger partial charge in [-0.25, -0.2) is 9.37 Å². The summed E-state index contributed by atoms with van der Waals surface area (Å²) in [7, 11) is 0. The topological polar surface area (TPSA) is 42.0 Å². The van der Waals surface area contributed by atoms with Crippen molar-refractivity contribution in [3.63, 3.8) is 0 Å². The summed E-state index contributed by atoms with van der Waals surface area (Å²) in [6.07, 6.45) is 1.97. The van der Waals surface area contributed by atoms with E-state index in [0.29, 0.717) is 11.5 Å². The molecule has 0 radical (unpaired) electrons. The highest BCUT2D eigenvalue weighted by Gasteiger charge is 2.14. The maximum Gasteiger partial charge on any atom is 0.187 e. The van der Waals surface area contributed by atoms with Crippen LogP contribution in [0.1, 0.15) is 11.1 Å². The van der Waals surface area contributed by atoms with E-state index in [1.54, 1.807) is 12.1 Å². The lowest BCUT2D eigenvalue weighted by molar-refractivity contribution is 0.628. The Morgan fingerprint density at radius 3 is 2.23 bits per heavy atom. The molecule has 0 unspecified atom stereocenters. The molecule has 0 spiro atoms. The Hall–Kier alpha value is -3.34. The number of fused-ring (bicyclic) bond motifs is 1. The van der Waals surface area contributed by atoms with Crippen LogP contribution in [-0.2, 0) is 0 Å².